The maximum Gasteiger partial charge on any atom is 0.254 e. The molecule has 0 radical (unpaired) electrons. The van der Waals surface area contributed by atoms with Gasteiger partial charge in [-0.15, -0.1) is 0 Å². The highest BCUT2D eigenvalue weighted by Gasteiger charge is 2.25. The summed E-state index contributed by atoms with van der Waals surface area (Å²) < 4.78 is 0. The topological polar surface area (TPSA) is 40.6 Å². The van der Waals surface area contributed by atoms with Gasteiger partial charge in [-0.2, -0.15) is 0 Å². The molecular formula is C19H20N2O2. The van der Waals surface area contributed by atoms with Gasteiger partial charge in [-0.3, -0.25) is 9.59 Å². The molecule has 0 bridgehead atoms. The average Bonchev–Trinajstić information content (AvgIpc) is 2.62. The highest BCUT2D eigenvalue weighted by molar-refractivity contribution is 5.96. The molecule has 0 aromatic heterocycles. The molecule has 1 aliphatic rings. The number of hydrogen-bond acceptors (Lipinski definition) is 2. The van der Waals surface area contributed by atoms with Gasteiger partial charge in [0.05, 0.1) is 0 Å². The summed E-state index contributed by atoms with van der Waals surface area (Å²) in [6.07, 6.45) is 0. The number of nitrogens with zero attached hydrogens (tertiary/aromatic N) is 2. The molecule has 2 amide bonds. The van der Waals surface area contributed by atoms with Gasteiger partial charge < -0.3 is 9.80 Å². The van der Waals surface area contributed by atoms with Crippen molar-refractivity contribution in [3.05, 3.63) is 71.3 Å². The number of amides is 2. The van der Waals surface area contributed by atoms with Crippen molar-refractivity contribution in [2.75, 3.05) is 26.2 Å². The lowest BCUT2D eigenvalue weighted by atomic mass is 10.1. The third kappa shape index (κ3) is 3.26. The first-order valence-electron chi connectivity index (χ1n) is 7.86. The summed E-state index contributed by atoms with van der Waals surface area (Å²) in [5.41, 5.74) is 2.43. The Hall–Kier alpha value is -2.62. The van der Waals surface area contributed by atoms with Crippen LogP contribution in [0.4, 0.5) is 0 Å². The summed E-state index contributed by atoms with van der Waals surface area (Å²) in [5.74, 6) is 0.0866. The first kappa shape index (κ1) is 15.3. The van der Waals surface area contributed by atoms with Gasteiger partial charge in [0.2, 0.25) is 0 Å². The van der Waals surface area contributed by atoms with Gasteiger partial charge in [0.25, 0.3) is 11.8 Å². The molecule has 2 aromatic rings. The van der Waals surface area contributed by atoms with E-state index in [0.717, 1.165) is 11.1 Å². The normalized spacial score (nSPS) is 14.7. The standard InChI is InChI=1S/C19H20N2O2/c1-15-7-5-6-10-17(15)19(23)21-13-11-20(12-14-21)18(22)16-8-3-2-4-9-16/h2-10H,11-14H2,1H3. The molecular weight excluding hydrogens is 288 g/mol. The predicted octanol–water partition coefficient (Wildman–Crippen LogP) is 2.59. The third-order valence-electron chi connectivity index (χ3n) is 4.25. The van der Waals surface area contributed by atoms with Crippen LogP contribution in [0.5, 0.6) is 0 Å². The van der Waals surface area contributed by atoms with Gasteiger partial charge in [0.1, 0.15) is 0 Å². The molecule has 0 unspecified atom stereocenters. The maximum absolute atomic E-state index is 12.6. The summed E-state index contributed by atoms with van der Waals surface area (Å²) in [6.45, 7) is 4.25. The number of aryl methyl sites for hydroxylation is 1. The Bertz CT molecular complexity index is 704. The lowest BCUT2D eigenvalue weighted by Gasteiger charge is -2.35. The fourth-order valence-electron chi connectivity index (χ4n) is 2.86. The molecule has 4 heteroatoms. The Morgan fingerprint density at radius 3 is 1.87 bits per heavy atom. The first-order valence-corrected chi connectivity index (χ1v) is 7.86. The SMILES string of the molecule is Cc1ccccc1C(=O)N1CCN(C(=O)c2ccccc2)CC1. The van der Waals surface area contributed by atoms with Crippen molar-refractivity contribution in [1.29, 1.82) is 0 Å². The van der Waals surface area contributed by atoms with E-state index in [-0.39, 0.29) is 11.8 Å². The van der Waals surface area contributed by atoms with Crippen LogP contribution in [0.2, 0.25) is 0 Å². The molecule has 1 heterocycles. The third-order valence-corrected chi connectivity index (χ3v) is 4.25. The van der Waals surface area contributed by atoms with E-state index in [0.29, 0.717) is 31.7 Å². The van der Waals surface area contributed by atoms with Crippen LogP contribution < -0.4 is 0 Å². The van der Waals surface area contributed by atoms with E-state index in [4.69, 9.17) is 0 Å². The van der Waals surface area contributed by atoms with Crippen molar-refractivity contribution < 1.29 is 9.59 Å². The van der Waals surface area contributed by atoms with Crippen molar-refractivity contribution in [2.24, 2.45) is 0 Å². The molecule has 0 saturated carbocycles. The number of rotatable bonds is 2. The molecule has 0 spiro atoms. The number of carbonyl (C=O) groups is 2. The van der Waals surface area contributed by atoms with Gasteiger partial charge in [0, 0.05) is 37.3 Å². The lowest BCUT2D eigenvalue weighted by Crippen LogP contribution is -2.50. The van der Waals surface area contributed by atoms with Crippen LogP contribution in [0.3, 0.4) is 0 Å². The van der Waals surface area contributed by atoms with E-state index < -0.39 is 0 Å². The molecule has 2 aromatic carbocycles. The molecule has 4 nitrogen and oxygen atoms in total. The minimum atomic E-state index is 0.0357. The van der Waals surface area contributed by atoms with Gasteiger partial charge in [0.15, 0.2) is 0 Å². The van der Waals surface area contributed by atoms with E-state index >= 15 is 0 Å². The maximum atomic E-state index is 12.6. The summed E-state index contributed by atoms with van der Waals surface area (Å²) in [4.78, 5) is 28.7. The minimum absolute atomic E-state index is 0.0357. The van der Waals surface area contributed by atoms with E-state index in [2.05, 4.69) is 0 Å². The fourth-order valence-corrected chi connectivity index (χ4v) is 2.86. The van der Waals surface area contributed by atoms with E-state index in [1.165, 1.54) is 0 Å². The molecule has 23 heavy (non-hydrogen) atoms. The molecule has 0 atom stereocenters. The largest absolute Gasteiger partial charge is 0.335 e. The predicted molar refractivity (Wildman–Crippen MR) is 89.4 cm³/mol. The van der Waals surface area contributed by atoms with E-state index in [1.807, 2.05) is 71.3 Å². The Labute approximate surface area is 136 Å². The second-order valence-electron chi connectivity index (χ2n) is 5.77. The Morgan fingerprint density at radius 1 is 0.739 bits per heavy atom. The number of benzene rings is 2. The van der Waals surface area contributed by atoms with Crippen molar-refractivity contribution in [3.8, 4) is 0 Å². The Kier molecular flexibility index (Phi) is 4.42. The van der Waals surface area contributed by atoms with Crippen LogP contribution in [0.15, 0.2) is 54.6 Å². The molecule has 0 N–H and O–H groups in total. The van der Waals surface area contributed by atoms with E-state index in [9.17, 15) is 9.59 Å². The molecule has 1 saturated heterocycles. The Morgan fingerprint density at radius 2 is 1.26 bits per heavy atom. The molecule has 1 aliphatic heterocycles. The first-order chi connectivity index (χ1) is 11.2. The zero-order valence-corrected chi connectivity index (χ0v) is 13.2. The van der Waals surface area contributed by atoms with Gasteiger partial charge in [-0.05, 0) is 30.7 Å². The number of hydrogen-bond donors (Lipinski definition) is 0. The summed E-state index contributed by atoms with van der Waals surface area (Å²) in [7, 11) is 0. The monoisotopic (exact) mass is 308 g/mol. The van der Waals surface area contributed by atoms with Gasteiger partial charge in [-0.25, -0.2) is 0 Å². The number of piperazine rings is 1. The second kappa shape index (κ2) is 6.65. The van der Waals surface area contributed by atoms with Crippen molar-refractivity contribution >= 4 is 11.8 Å². The lowest BCUT2D eigenvalue weighted by molar-refractivity contribution is 0.0535. The molecule has 0 aliphatic carbocycles. The highest BCUT2D eigenvalue weighted by Crippen LogP contribution is 2.14. The summed E-state index contributed by atoms with van der Waals surface area (Å²) >= 11 is 0. The van der Waals surface area contributed by atoms with Crippen LogP contribution in [-0.4, -0.2) is 47.8 Å². The molecule has 3 rings (SSSR count). The van der Waals surface area contributed by atoms with Crippen LogP contribution in [0.1, 0.15) is 26.3 Å². The quantitative estimate of drug-likeness (QED) is 0.855. The zero-order chi connectivity index (χ0) is 16.2. The van der Waals surface area contributed by atoms with Gasteiger partial charge >= 0.3 is 0 Å². The van der Waals surface area contributed by atoms with Crippen LogP contribution in [-0.2, 0) is 0 Å². The number of carbonyl (C=O) groups excluding carboxylic acids is 2. The van der Waals surface area contributed by atoms with Crippen molar-refractivity contribution in [3.63, 3.8) is 0 Å². The van der Waals surface area contributed by atoms with Crippen LogP contribution in [0, 0.1) is 6.92 Å². The average molecular weight is 308 g/mol. The van der Waals surface area contributed by atoms with Crippen LogP contribution >= 0.6 is 0 Å². The minimum Gasteiger partial charge on any atom is -0.335 e. The molecule has 118 valence electrons. The van der Waals surface area contributed by atoms with Crippen molar-refractivity contribution in [2.45, 2.75) is 6.92 Å². The van der Waals surface area contributed by atoms with E-state index in [1.54, 1.807) is 0 Å². The molecule has 1 fully saturated rings. The zero-order valence-electron chi connectivity index (χ0n) is 13.2. The van der Waals surface area contributed by atoms with Gasteiger partial charge in [-0.1, -0.05) is 36.4 Å². The second-order valence-corrected chi connectivity index (χ2v) is 5.77. The smallest absolute Gasteiger partial charge is 0.254 e. The van der Waals surface area contributed by atoms with Crippen LogP contribution in [0.25, 0.3) is 0 Å². The summed E-state index contributed by atoms with van der Waals surface area (Å²) in [5, 5.41) is 0. The van der Waals surface area contributed by atoms with Crippen molar-refractivity contribution in [1.82, 2.24) is 9.80 Å². The highest BCUT2D eigenvalue weighted by atomic mass is 16.2. The fraction of sp³-hybridized carbons (Fsp3) is 0.263. The Balaban J connectivity index is 1.64. The summed E-state index contributed by atoms with van der Waals surface area (Å²) in [6, 6.07) is 16.9.